The molecule has 0 aliphatic carbocycles. The molecule has 0 aliphatic rings. The predicted molar refractivity (Wildman–Crippen MR) is 80.0 cm³/mol. The van der Waals surface area contributed by atoms with E-state index in [4.69, 9.17) is 4.43 Å². The first-order valence-electron chi connectivity index (χ1n) is 6.55. The van der Waals surface area contributed by atoms with Crippen LogP contribution in [0.5, 0.6) is 0 Å². The van der Waals surface area contributed by atoms with E-state index in [9.17, 15) is 0 Å². The summed E-state index contributed by atoms with van der Waals surface area (Å²) < 4.78 is 6.20. The Morgan fingerprint density at radius 2 is 1.56 bits per heavy atom. The lowest BCUT2D eigenvalue weighted by atomic mass is 10.2. The van der Waals surface area contributed by atoms with Crippen LogP contribution in [0.4, 0.5) is 0 Å². The Morgan fingerprint density at radius 3 is 1.94 bits per heavy atom. The fourth-order valence-corrected chi connectivity index (χ4v) is 3.81. The van der Waals surface area contributed by atoms with Gasteiger partial charge in [-0.25, -0.2) is 0 Å². The molecule has 3 heteroatoms. The first kappa shape index (κ1) is 16.0. The van der Waals surface area contributed by atoms with Gasteiger partial charge in [-0.05, 0) is 26.1 Å². The van der Waals surface area contributed by atoms with E-state index in [0.717, 1.165) is 6.42 Å². The number of unbranched alkanes of at least 4 members (excludes halogenated alkanes) is 2. The van der Waals surface area contributed by atoms with Crippen LogP contribution < -0.4 is 0 Å². The van der Waals surface area contributed by atoms with E-state index >= 15 is 0 Å². The molecule has 0 aromatic carbocycles. The molecular weight excluding hydrogens is 228 g/mol. The summed E-state index contributed by atoms with van der Waals surface area (Å²) in [4.78, 5) is 0. The van der Waals surface area contributed by atoms with Crippen LogP contribution >= 0.6 is 0 Å². The van der Waals surface area contributed by atoms with Crippen molar-refractivity contribution in [3.8, 4) is 0 Å². The van der Waals surface area contributed by atoms with Gasteiger partial charge in [0.2, 0.25) is 8.32 Å². The molecule has 0 aromatic rings. The normalized spacial score (nSPS) is 14.1. The summed E-state index contributed by atoms with van der Waals surface area (Å²) in [5.74, 6) is 1.28. The lowest BCUT2D eigenvalue weighted by molar-refractivity contribution is 0.393. The quantitative estimate of drug-likeness (QED) is 0.347. The molecule has 0 atom stereocenters. The van der Waals surface area contributed by atoms with E-state index < -0.39 is 16.4 Å². The van der Waals surface area contributed by atoms with Gasteiger partial charge in [0, 0.05) is 6.42 Å². The van der Waals surface area contributed by atoms with Crippen molar-refractivity contribution in [2.24, 2.45) is 0 Å². The summed E-state index contributed by atoms with van der Waals surface area (Å²) >= 11 is 0. The van der Waals surface area contributed by atoms with Crippen LogP contribution in [0.2, 0.25) is 39.3 Å². The Labute approximate surface area is 104 Å². The minimum Gasteiger partial charge on any atom is -0.548 e. The van der Waals surface area contributed by atoms with E-state index in [1.54, 1.807) is 0 Å². The Balaban J connectivity index is 4.46. The molecule has 0 amide bonds. The molecule has 0 N–H and O–H groups in total. The molecule has 0 saturated carbocycles. The smallest absolute Gasteiger partial charge is 0.241 e. The van der Waals surface area contributed by atoms with Crippen molar-refractivity contribution in [1.29, 1.82) is 0 Å². The van der Waals surface area contributed by atoms with E-state index in [1.165, 1.54) is 25.0 Å². The maximum atomic E-state index is 6.20. The van der Waals surface area contributed by atoms with E-state index in [-0.39, 0.29) is 0 Å². The highest BCUT2D eigenvalue weighted by atomic mass is 28.4. The summed E-state index contributed by atoms with van der Waals surface area (Å²) in [6, 6.07) is 0. The van der Waals surface area contributed by atoms with Crippen molar-refractivity contribution in [1.82, 2.24) is 0 Å². The van der Waals surface area contributed by atoms with Gasteiger partial charge in [-0.2, -0.15) is 0 Å². The van der Waals surface area contributed by atoms with Gasteiger partial charge < -0.3 is 4.43 Å². The molecule has 0 rings (SSSR count). The van der Waals surface area contributed by atoms with Gasteiger partial charge in [0.1, 0.15) is 0 Å². The van der Waals surface area contributed by atoms with Crippen molar-refractivity contribution in [2.75, 3.05) is 0 Å². The molecule has 0 saturated heterocycles. The van der Waals surface area contributed by atoms with Crippen LogP contribution in [-0.2, 0) is 4.43 Å². The van der Waals surface area contributed by atoms with Gasteiger partial charge in [-0.15, -0.1) is 0 Å². The van der Waals surface area contributed by atoms with E-state index in [0.29, 0.717) is 0 Å². The average Bonchev–Trinajstić information content (AvgIpc) is 1.97. The molecule has 1 nitrogen and oxygen atoms in total. The molecule has 0 spiro atoms. The van der Waals surface area contributed by atoms with Crippen LogP contribution in [-0.4, -0.2) is 16.4 Å². The third kappa shape index (κ3) is 10.5. The zero-order valence-electron chi connectivity index (χ0n) is 12.3. The summed E-state index contributed by atoms with van der Waals surface area (Å²) in [5, 5.41) is 0. The van der Waals surface area contributed by atoms with Crippen molar-refractivity contribution in [3.63, 3.8) is 0 Å². The second-order valence-corrected chi connectivity index (χ2v) is 16.1. The zero-order valence-corrected chi connectivity index (χ0v) is 14.3. The van der Waals surface area contributed by atoms with Crippen LogP contribution in [0.1, 0.15) is 32.6 Å². The van der Waals surface area contributed by atoms with Crippen molar-refractivity contribution < 1.29 is 4.43 Å². The summed E-state index contributed by atoms with van der Waals surface area (Å²) in [5.41, 5.74) is 2.45. The fourth-order valence-electron chi connectivity index (χ4n) is 1.58. The maximum Gasteiger partial charge on any atom is 0.241 e. The monoisotopic (exact) mass is 258 g/mol. The average molecular weight is 259 g/mol. The zero-order chi connectivity index (χ0) is 12.8. The summed E-state index contributed by atoms with van der Waals surface area (Å²) in [7, 11) is -2.57. The second-order valence-electron chi connectivity index (χ2n) is 6.65. The third-order valence-electron chi connectivity index (χ3n) is 2.06. The van der Waals surface area contributed by atoms with Crippen LogP contribution in [0.25, 0.3) is 0 Å². The van der Waals surface area contributed by atoms with E-state index in [1.807, 2.05) is 0 Å². The Hall–Kier alpha value is -0.0262. The van der Waals surface area contributed by atoms with Gasteiger partial charge in [-0.1, -0.05) is 45.1 Å². The second kappa shape index (κ2) is 6.65. The van der Waals surface area contributed by atoms with Crippen molar-refractivity contribution in [2.45, 2.75) is 71.9 Å². The van der Waals surface area contributed by atoms with Gasteiger partial charge in [0.05, 0.1) is 13.8 Å². The standard InChI is InChI=1S/C13H30OSi2/c1-8-9-10-11-13(12-15(2,3)4)14-16(5,6)7/h12H,8-11H2,1-7H3/b13-12-. The van der Waals surface area contributed by atoms with Crippen LogP contribution in [0, 0.1) is 0 Å². The number of rotatable bonds is 7. The molecule has 0 radical (unpaired) electrons. The number of hydrogen-bond acceptors (Lipinski definition) is 1. The molecule has 0 fully saturated rings. The van der Waals surface area contributed by atoms with Gasteiger partial charge >= 0.3 is 0 Å². The Bertz CT molecular complexity index is 221. The van der Waals surface area contributed by atoms with Gasteiger partial charge in [0.15, 0.2) is 0 Å². The lowest BCUT2D eigenvalue weighted by Gasteiger charge is -2.24. The number of hydrogen-bond donors (Lipinski definition) is 0. The highest BCUT2D eigenvalue weighted by Crippen LogP contribution is 2.19. The molecule has 0 aromatic heterocycles. The summed E-state index contributed by atoms with van der Waals surface area (Å²) in [6.45, 7) is 16.2. The maximum absolute atomic E-state index is 6.20. The van der Waals surface area contributed by atoms with Gasteiger partial charge in [-0.3, -0.25) is 0 Å². The summed E-state index contributed by atoms with van der Waals surface area (Å²) in [6.07, 6.45) is 5.02. The lowest BCUT2D eigenvalue weighted by Crippen LogP contribution is -2.27. The molecule has 0 heterocycles. The molecule has 16 heavy (non-hydrogen) atoms. The molecule has 0 bridgehead atoms. The third-order valence-corrected chi connectivity index (χ3v) is 4.12. The van der Waals surface area contributed by atoms with E-state index in [2.05, 4.69) is 51.9 Å². The fraction of sp³-hybridized carbons (Fsp3) is 0.846. The van der Waals surface area contributed by atoms with Gasteiger partial charge in [0.25, 0.3) is 0 Å². The minimum atomic E-state index is -1.43. The molecule has 0 aliphatic heterocycles. The first-order chi connectivity index (χ1) is 7.14. The topological polar surface area (TPSA) is 9.23 Å². The Kier molecular flexibility index (Phi) is 6.64. The molecule has 96 valence electrons. The predicted octanol–water partition coefficient (Wildman–Crippen LogP) is 5.18. The SMILES string of the molecule is CCCCC/C(=C/[Si](C)(C)C)O[Si](C)(C)C. The highest BCUT2D eigenvalue weighted by molar-refractivity contribution is 6.81. The highest BCUT2D eigenvalue weighted by Gasteiger charge is 2.19. The first-order valence-corrected chi connectivity index (χ1v) is 13.5. The van der Waals surface area contributed by atoms with Crippen LogP contribution in [0.15, 0.2) is 11.5 Å². The minimum absolute atomic E-state index is 1.14. The van der Waals surface area contributed by atoms with Crippen LogP contribution in [0.3, 0.4) is 0 Å². The van der Waals surface area contributed by atoms with Crippen molar-refractivity contribution >= 4 is 16.4 Å². The van der Waals surface area contributed by atoms with Crippen molar-refractivity contribution in [3.05, 3.63) is 11.5 Å². The largest absolute Gasteiger partial charge is 0.548 e. The Morgan fingerprint density at radius 1 is 1.00 bits per heavy atom. The molecule has 0 unspecified atom stereocenters. The number of allylic oxidation sites excluding steroid dienone is 1. The molecular formula is C13H30OSi2.